The molecule has 0 spiro atoms. The van der Waals surface area contributed by atoms with Crippen molar-refractivity contribution >= 4 is 29.9 Å². The highest BCUT2D eigenvalue weighted by Gasteiger charge is 2.24. The zero-order valence-corrected chi connectivity index (χ0v) is 20.7. The van der Waals surface area contributed by atoms with Gasteiger partial charge in [-0.25, -0.2) is 0 Å². The molecule has 1 aliphatic heterocycles. The number of halogens is 1. The SMILES string of the molecule is CCNC(=NCC(O)c1cccc(OC)c1)N1CCC(OCC2CCCC2)CC1.I. The van der Waals surface area contributed by atoms with Gasteiger partial charge in [0.1, 0.15) is 5.75 Å². The Morgan fingerprint density at radius 1 is 1.23 bits per heavy atom. The quantitative estimate of drug-likeness (QED) is 0.302. The lowest BCUT2D eigenvalue weighted by Gasteiger charge is -2.34. The second-order valence-corrected chi connectivity index (χ2v) is 8.16. The highest BCUT2D eigenvalue weighted by Crippen LogP contribution is 2.26. The van der Waals surface area contributed by atoms with Crippen LogP contribution < -0.4 is 10.1 Å². The molecule has 1 unspecified atom stereocenters. The largest absolute Gasteiger partial charge is 0.497 e. The minimum Gasteiger partial charge on any atom is -0.497 e. The Morgan fingerprint density at radius 2 is 1.97 bits per heavy atom. The third kappa shape index (κ3) is 7.57. The van der Waals surface area contributed by atoms with Gasteiger partial charge >= 0.3 is 0 Å². The summed E-state index contributed by atoms with van der Waals surface area (Å²) < 4.78 is 11.4. The predicted molar refractivity (Wildman–Crippen MR) is 132 cm³/mol. The molecule has 0 amide bonds. The lowest BCUT2D eigenvalue weighted by Crippen LogP contribution is -2.47. The maximum atomic E-state index is 10.5. The summed E-state index contributed by atoms with van der Waals surface area (Å²) >= 11 is 0. The summed E-state index contributed by atoms with van der Waals surface area (Å²) in [6.07, 6.45) is 7.22. The summed E-state index contributed by atoms with van der Waals surface area (Å²) in [4.78, 5) is 6.99. The Bertz CT molecular complexity index is 644. The van der Waals surface area contributed by atoms with Gasteiger partial charge < -0.3 is 24.8 Å². The number of nitrogens with one attached hydrogen (secondary N) is 1. The van der Waals surface area contributed by atoms with Gasteiger partial charge in [-0.2, -0.15) is 0 Å². The number of likely N-dealkylation sites (tertiary alicyclic amines) is 1. The zero-order valence-electron chi connectivity index (χ0n) is 18.4. The Morgan fingerprint density at radius 3 is 2.63 bits per heavy atom. The molecule has 30 heavy (non-hydrogen) atoms. The molecule has 3 rings (SSSR count). The first kappa shape index (κ1) is 25.2. The smallest absolute Gasteiger partial charge is 0.194 e. The van der Waals surface area contributed by atoms with E-state index in [2.05, 4.69) is 17.1 Å². The first-order valence-electron chi connectivity index (χ1n) is 11.2. The molecule has 1 heterocycles. The maximum Gasteiger partial charge on any atom is 0.194 e. The minimum absolute atomic E-state index is 0. The van der Waals surface area contributed by atoms with E-state index in [0.29, 0.717) is 12.6 Å². The van der Waals surface area contributed by atoms with Crippen LogP contribution in [0.5, 0.6) is 5.75 Å². The molecule has 0 aromatic heterocycles. The Balaban J connectivity index is 0.00000320. The molecule has 0 bridgehead atoms. The Labute approximate surface area is 198 Å². The number of piperidine rings is 1. The number of guanidine groups is 1. The van der Waals surface area contributed by atoms with Crippen LogP contribution in [-0.4, -0.2) is 62.0 Å². The molecule has 6 nitrogen and oxygen atoms in total. The van der Waals surface area contributed by atoms with Crippen molar-refractivity contribution in [2.75, 3.05) is 39.9 Å². The number of methoxy groups -OCH3 is 1. The van der Waals surface area contributed by atoms with Crippen LogP contribution in [0.1, 0.15) is 57.1 Å². The van der Waals surface area contributed by atoms with Gasteiger partial charge in [0.2, 0.25) is 0 Å². The summed E-state index contributed by atoms with van der Waals surface area (Å²) in [7, 11) is 1.63. The lowest BCUT2D eigenvalue weighted by molar-refractivity contribution is 0.000979. The van der Waals surface area contributed by atoms with Crippen molar-refractivity contribution in [2.45, 2.75) is 57.7 Å². The lowest BCUT2D eigenvalue weighted by atomic mass is 10.1. The van der Waals surface area contributed by atoms with E-state index < -0.39 is 6.10 Å². The van der Waals surface area contributed by atoms with E-state index in [0.717, 1.165) is 62.3 Å². The number of aliphatic hydroxyl groups excluding tert-OH is 1. The van der Waals surface area contributed by atoms with Crippen molar-refractivity contribution in [1.82, 2.24) is 10.2 Å². The van der Waals surface area contributed by atoms with Crippen LogP contribution in [0.4, 0.5) is 0 Å². The van der Waals surface area contributed by atoms with Crippen LogP contribution in [0.2, 0.25) is 0 Å². The second-order valence-electron chi connectivity index (χ2n) is 8.16. The number of aliphatic imine (C=N–C) groups is 1. The zero-order chi connectivity index (χ0) is 20.5. The molecular formula is C23H38IN3O3. The van der Waals surface area contributed by atoms with Gasteiger partial charge in [-0.15, -0.1) is 24.0 Å². The number of hydrogen-bond donors (Lipinski definition) is 2. The van der Waals surface area contributed by atoms with E-state index >= 15 is 0 Å². The van der Waals surface area contributed by atoms with Crippen LogP contribution >= 0.6 is 24.0 Å². The second kappa shape index (κ2) is 13.4. The number of ether oxygens (including phenoxy) is 2. The van der Waals surface area contributed by atoms with Gasteiger partial charge in [-0.3, -0.25) is 4.99 Å². The van der Waals surface area contributed by atoms with Crippen molar-refractivity contribution in [3.05, 3.63) is 29.8 Å². The summed E-state index contributed by atoms with van der Waals surface area (Å²) in [5, 5.41) is 13.9. The number of rotatable bonds is 8. The monoisotopic (exact) mass is 531 g/mol. The van der Waals surface area contributed by atoms with Crippen LogP contribution in [0.25, 0.3) is 0 Å². The van der Waals surface area contributed by atoms with E-state index in [1.54, 1.807) is 7.11 Å². The minimum atomic E-state index is -0.647. The van der Waals surface area contributed by atoms with Crippen LogP contribution in [-0.2, 0) is 4.74 Å². The average molecular weight is 531 g/mol. The van der Waals surface area contributed by atoms with Gasteiger partial charge in [0.15, 0.2) is 5.96 Å². The van der Waals surface area contributed by atoms with Crippen molar-refractivity contribution < 1.29 is 14.6 Å². The number of nitrogens with zero attached hydrogens (tertiary/aromatic N) is 2. The molecule has 0 radical (unpaired) electrons. The number of hydrogen-bond acceptors (Lipinski definition) is 4. The van der Waals surface area contributed by atoms with E-state index in [9.17, 15) is 5.11 Å². The molecule has 1 saturated heterocycles. The molecule has 1 atom stereocenters. The highest BCUT2D eigenvalue weighted by molar-refractivity contribution is 14.0. The van der Waals surface area contributed by atoms with E-state index in [1.165, 1.54) is 25.7 Å². The molecule has 2 fully saturated rings. The average Bonchev–Trinajstić information content (AvgIpc) is 3.29. The van der Waals surface area contributed by atoms with Crippen molar-refractivity contribution in [3.8, 4) is 5.75 Å². The standard InChI is InChI=1S/C23H37N3O3.HI/c1-3-24-23(25-16-22(27)19-9-6-10-21(15-19)28-2)26-13-11-20(12-14-26)29-17-18-7-4-5-8-18;/h6,9-10,15,18,20,22,27H,3-5,7-8,11-14,16-17H2,1-2H3,(H,24,25);1H. The fourth-order valence-electron chi connectivity index (χ4n) is 4.24. The van der Waals surface area contributed by atoms with Gasteiger partial charge in [-0.05, 0) is 56.2 Å². The van der Waals surface area contributed by atoms with Gasteiger partial charge in [0, 0.05) is 26.2 Å². The van der Waals surface area contributed by atoms with E-state index in [-0.39, 0.29) is 24.0 Å². The van der Waals surface area contributed by atoms with Gasteiger partial charge in [0.05, 0.1) is 25.9 Å². The molecule has 170 valence electrons. The highest BCUT2D eigenvalue weighted by atomic mass is 127. The predicted octanol–water partition coefficient (Wildman–Crippen LogP) is 3.98. The van der Waals surface area contributed by atoms with E-state index in [1.807, 2.05) is 24.3 Å². The fourth-order valence-corrected chi connectivity index (χ4v) is 4.24. The molecule has 1 aliphatic carbocycles. The van der Waals surface area contributed by atoms with Crippen molar-refractivity contribution in [1.29, 1.82) is 0 Å². The molecule has 2 N–H and O–H groups in total. The maximum absolute atomic E-state index is 10.5. The normalized spacial score (nSPS) is 19.4. The molecule has 1 aromatic rings. The molecule has 1 saturated carbocycles. The number of aliphatic hydroxyl groups is 1. The third-order valence-corrected chi connectivity index (χ3v) is 6.01. The van der Waals surface area contributed by atoms with Crippen molar-refractivity contribution in [2.24, 2.45) is 10.9 Å². The molecule has 2 aliphatic rings. The first-order valence-corrected chi connectivity index (χ1v) is 11.2. The molecule has 7 heteroatoms. The van der Waals surface area contributed by atoms with Crippen LogP contribution in [0.15, 0.2) is 29.3 Å². The summed E-state index contributed by atoms with van der Waals surface area (Å²) in [6, 6.07) is 7.54. The Kier molecular flexibility index (Phi) is 11.2. The van der Waals surface area contributed by atoms with Crippen LogP contribution in [0.3, 0.4) is 0 Å². The summed E-state index contributed by atoms with van der Waals surface area (Å²) in [6.45, 7) is 6.03. The molecular weight excluding hydrogens is 493 g/mol. The number of benzene rings is 1. The summed E-state index contributed by atoms with van der Waals surface area (Å²) in [5.41, 5.74) is 0.822. The summed E-state index contributed by atoms with van der Waals surface area (Å²) in [5.74, 6) is 2.41. The van der Waals surface area contributed by atoms with Crippen molar-refractivity contribution in [3.63, 3.8) is 0 Å². The van der Waals surface area contributed by atoms with Gasteiger partial charge in [-0.1, -0.05) is 25.0 Å². The Hall–Kier alpha value is -1.06. The first-order chi connectivity index (χ1) is 14.2. The molecule has 1 aromatic carbocycles. The third-order valence-electron chi connectivity index (χ3n) is 6.01. The topological polar surface area (TPSA) is 66.3 Å². The fraction of sp³-hybridized carbons (Fsp3) is 0.696. The van der Waals surface area contributed by atoms with E-state index in [4.69, 9.17) is 14.5 Å². The van der Waals surface area contributed by atoms with Gasteiger partial charge in [0.25, 0.3) is 0 Å². The van der Waals surface area contributed by atoms with Crippen LogP contribution in [0, 0.1) is 5.92 Å².